The van der Waals surface area contributed by atoms with Crippen molar-refractivity contribution >= 4 is 11.0 Å². The van der Waals surface area contributed by atoms with Gasteiger partial charge in [0.1, 0.15) is 5.82 Å². The van der Waals surface area contributed by atoms with Crippen molar-refractivity contribution in [3.8, 4) is 0 Å². The second-order valence-corrected chi connectivity index (χ2v) is 5.55. The molecule has 1 aliphatic heterocycles. The summed E-state index contributed by atoms with van der Waals surface area (Å²) in [7, 11) is 0. The van der Waals surface area contributed by atoms with Crippen molar-refractivity contribution in [2.45, 2.75) is 19.6 Å². The SMILES string of the molecule is C=C1CNCCN1Cc1nc2cc(C)cc(C(F)(F)F)c2[nH]1. The summed E-state index contributed by atoms with van der Waals surface area (Å²) in [6, 6.07) is 2.81. The fraction of sp³-hybridized carbons (Fsp3) is 0.400. The number of piperazine rings is 1. The van der Waals surface area contributed by atoms with Crippen molar-refractivity contribution in [2.75, 3.05) is 19.6 Å². The summed E-state index contributed by atoms with van der Waals surface area (Å²) in [5.74, 6) is 0.522. The highest BCUT2D eigenvalue weighted by Crippen LogP contribution is 2.34. The lowest BCUT2D eigenvalue weighted by Crippen LogP contribution is -2.40. The van der Waals surface area contributed by atoms with E-state index in [1.54, 1.807) is 13.0 Å². The van der Waals surface area contributed by atoms with Crippen LogP contribution in [0.5, 0.6) is 0 Å². The molecule has 1 fully saturated rings. The minimum Gasteiger partial charge on any atom is -0.366 e. The van der Waals surface area contributed by atoms with E-state index in [4.69, 9.17) is 0 Å². The summed E-state index contributed by atoms with van der Waals surface area (Å²) in [4.78, 5) is 9.17. The van der Waals surface area contributed by atoms with Gasteiger partial charge in [0.2, 0.25) is 0 Å². The Labute approximate surface area is 126 Å². The van der Waals surface area contributed by atoms with E-state index in [2.05, 4.69) is 21.9 Å². The van der Waals surface area contributed by atoms with Crippen LogP contribution in [0.15, 0.2) is 24.4 Å². The molecule has 1 aromatic heterocycles. The summed E-state index contributed by atoms with van der Waals surface area (Å²) in [6.07, 6.45) is -4.40. The van der Waals surface area contributed by atoms with E-state index >= 15 is 0 Å². The van der Waals surface area contributed by atoms with Gasteiger partial charge < -0.3 is 15.2 Å². The molecule has 2 N–H and O–H groups in total. The van der Waals surface area contributed by atoms with Gasteiger partial charge in [-0.3, -0.25) is 0 Å². The van der Waals surface area contributed by atoms with Crippen LogP contribution in [0.25, 0.3) is 11.0 Å². The number of nitrogens with zero attached hydrogens (tertiary/aromatic N) is 2. The van der Waals surface area contributed by atoms with Gasteiger partial charge in [-0.1, -0.05) is 6.58 Å². The second kappa shape index (κ2) is 5.31. The van der Waals surface area contributed by atoms with Crippen LogP contribution < -0.4 is 5.32 Å². The van der Waals surface area contributed by atoms with E-state index in [0.29, 0.717) is 30.0 Å². The van der Waals surface area contributed by atoms with E-state index in [1.165, 1.54) is 0 Å². The van der Waals surface area contributed by atoms with Crippen LogP contribution in [-0.4, -0.2) is 34.5 Å². The Morgan fingerprint density at radius 3 is 2.82 bits per heavy atom. The highest BCUT2D eigenvalue weighted by Gasteiger charge is 2.34. The Morgan fingerprint density at radius 2 is 2.14 bits per heavy atom. The lowest BCUT2D eigenvalue weighted by atomic mass is 10.1. The lowest BCUT2D eigenvalue weighted by Gasteiger charge is -2.30. The smallest absolute Gasteiger partial charge is 0.366 e. The molecule has 3 rings (SSSR count). The monoisotopic (exact) mass is 310 g/mol. The molecule has 22 heavy (non-hydrogen) atoms. The number of H-pyrrole nitrogens is 1. The number of alkyl halides is 3. The third kappa shape index (κ3) is 2.81. The Kier molecular flexibility index (Phi) is 3.60. The third-order valence-corrected chi connectivity index (χ3v) is 3.77. The molecular formula is C15H17F3N4. The zero-order valence-corrected chi connectivity index (χ0v) is 12.2. The molecule has 0 bridgehead atoms. The highest BCUT2D eigenvalue weighted by atomic mass is 19.4. The highest BCUT2D eigenvalue weighted by molar-refractivity contribution is 5.80. The number of aryl methyl sites for hydroxylation is 1. The normalized spacial score (nSPS) is 16.5. The van der Waals surface area contributed by atoms with Gasteiger partial charge in [-0.05, 0) is 24.6 Å². The van der Waals surface area contributed by atoms with Crippen LogP contribution >= 0.6 is 0 Å². The van der Waals surface area contributed by atoms with E-state index in [-0.39, 0.29) is 5.52 Å². The number of hydrogen-bond acceptors (Lipinski definition) is 3. The predicted molar refractivity (Wildman–Crippen MR) is 78.3 cm³/mol. The zero-order valence-electron chi connectivity index (χ0n) is 12.2. The number of nitrogens with one attached hydrogen (secondary N) is 2. The third-order valence-electron chi connectivity index (χ3n) is 3.77. The molecule has 0 spiro atoms. The van der Waals surface area contributed by atoms with Gasteiger partial charge in [-0.25, -0.2) is 4.98 Å². The summed E-state index contributed by atoms with van der Waals surface area (Å²) >= 11 is 0. The second-order valence-electron chi connectivity index (χ2n) is 5.55. The number of halogens is 3. The van der Waals surface area contributed by atoms with E-state index in [0.717, 1.165) is 24.9 Å². The fourth-order valence-electron chi connectivity index (χ4n) is 2.69. The van der Waals surface area contributed by atoms with Crippen molar-refractivity contribution in [1.29, 1.82) is 0 Å². The molecule has 1 aromatic carbocycles. The maximum atomic E-state index is 13.1. The quantitative estimate of drug-likeness (QED) is 0.896. The molecular weight excluding hydrogens is 293 g/mol. The Morgan fingerprint density at radius 1 is 1.36 bits per heavy atom. The topological polar surface area (TPSA) is 44.0 Å². The number of aromatic amines is 1. The Hall–Kier alpha value is -2.02. The van der Waals surface area contributed by atoms with Crippen molar-refractivity contribution in [1.82, 2.24) is 20.2 Å². The van der Waals surface area contributed by atoms with Crippen LogP contribution in [0.3, 0.4) is 0 Å². The molecule has 0 atom stereocenters. The van der Waals surface area contributed by atoms with Crippen LogP contribution in [0.1, 0.15) is 17.0 Å². The van der Waals surface area contributed by atoms with Crippen LogP contribution in [0.4, 0.5) is 13.2 Å². The largest absolute Gasteiger partial charge is 0.418 e. The van der Waals surface area contributed by atoms with E-state index < -0.39 is 11.7 Å². The first-order chi connectivity index (χ1) is 10.3. The van der Waals surface area contributed by atoms with Crippen LogP contribution in [0, 0.1) is 6.92 Å². The summed E-state index contributed by atoms with van der Waals surface area (Å²) < 4.78 is 39.4. The first-order valence-corrected chi connectivity index (χ1v) is 7.04. The number of aromatic nitrogens is 2. The first-order valence-electron chi connectivity index (χ1n) is 7.04. The molecule has 2 aromatic rings. The molecule has 0 unspecified atom stereocenters. The van der Waals surface area contributed by atoms with Crippen LogP contribution in [0.2, 0.25) is 0 Å². The van der Waals surface area contributed by atoms with Crippen molar-refractivity contribution < 1.29 is 13.2 Å². The molecule has 7 heteroatoms. The minimum atomic E-state index is -4.40. The summed E-state index contributed by atoms with van der Waals surface area (Å²) in [5, 5.41) is 3.19. The standard InChI is InChI=1S/C15H17F3N4/c1-9-5-11(15(16,17)18)14-12(6-9)20-13(21-14)8-22-4-3-19-7-10(22)2/h5-6,19H,2-4,7-8H2,1H3,(H,20,21). The van der Waals surface area contributed by atoms with E-state index in [1.807, 2.05) is 4.90 Å². The van der Waals surface area contributed by atoms with Crippen molar-refractivity contribution in [3.63, 3.8) is 0 Å². The predicted octanol–water partition coefficient (Wildman–Crippen LogP) is 2.81. The Bertz CT molecular complexity index is 717. The molecule has 1 aliphatic rings. The van der Waals surface area contributed by atoms with Gasteiger partial charge in [-0.15, -0.1) is 0 Å². The average Bonchev–Trinajstić information content (AvgIpc) is 2.81. The van der Waals surface area contributed by atoms with Gasteiger partial charge in [0, 0.05) is 25.3 Å². The van der Waals surface area contributed by atoms with Gasteiger partial charge in [0.25, 0.3) is 0 Å². The Balaban J connectivity index is 1.97. The average molecular weight is 310 g/mol. The maximum absolute atomic E-state index is 13.1. The first kappa shape index (κ1) is 14.9. The molecule has 0 saturated carbocycles. The van der Waals surface area contributed by atoms with Crippen molar-refractivity contribution in [2.24, 2.45) is 0 Å². The molecule has 0 amide bonds. The van der Waals surface area contributed by atoms with Crippen molar-refractivity contribution in [3.05, 3.63) is 41.4 Å². The van der Waals surface area contributed by atoms with Gasteiger partial charge in [0.05, 0.1) is 23.1 Å². The molecule has 0 aliphatic carbocycles. The van der Waals surface area contributed by atoms with Gasteiger partial charge in [0.15, 0.2) is 0 Å². The molecule has 2 heterocycles. The lowest BCUT2D eigenvalue weighted by molar-refractivity contribution is -0.136. The number of imidazole rings is 1. The zero-order chi connectivity index (χ0) is 15.9. The maximum Gasteiger partial charge on any atom is 0.418 e. The molecule has 1 saturated heterocycles. The van der Waals surface area contributed by atoms with Crippen LogP contribution in [-0.2, 0) is 12.7 Å². The fourth-order valence-corrected chi connectivity index (χ4v) is 2.69. The van der Waals surface area contributed by atoms with Gasteiger partial charge >= 0.3 is 6.18 Å². The summed E-state index contributed by atoms with van der Waals surface area (Å²) in [5.41, 5.74) is 1.20. The number of rotatable bonds is 2. The number of fused-ring (bicyclic) bond motifs is 1. The van der Waals surface area contributed by atoms with Gasteiger partial charge in [-0.2, -0.15) is 13.2 Å². The number of hydrogen-bond donors (Lipinski definition) is 2. The minimum absolute atomic E-state index is 0.0499. The van der Waals surface area contributed by atoms with E-state index in [9.17, 15) is 13.2 Å². The summed E-state index contributed by atoms with van der Waals surface area (Å²) in [6.45, 7) is 8.31. The number of benzene rings is 1. The molecule has 0 radical (unpaired) electrons. The molecule has 4 nitrogen and oxygen atoms in total. The molecule has 118 valence electrons.